The van der Waals surface area contributed by atoms with Gasteiger partial charge in [-0.1, -0.05) is 51.1 Å². The first-order valence-electron chi connectivity index (χ1n) is 13.9. The predicted molar refractivity (Wildman–Crippen MR) is 155 cm³/mol. The summed E-state index contributed by atoms with van der Waals surface area (Å²) < 4.78 is 30.0. The van der Waals surface area contributed by atoms with Crippen molar-refractivity contribution in [3.05, 3.63) is 107 Å². The Morgan fingerprint density at radius 2 is 1.67 bits per heavy atom. The van der Waals surface area contributed by atoms with E-state index in [1.807, 2.05) is 18.2 Å². The Kier molecular flexibility index (Phi) is 9.88. The van der Waals surface area contributed by atoms with Crippen molar-refractivity contribution < 1.29 is 13.6 Å². The van der Waals surface area contributed by atoms with E-state index in [-0.39, 0.29) is 11.9 Å². The van der Waals surface area contributed by atoms with Gasteiger partial charge in [0.05, 0.1) is 0 Å². The molecule has 1 heterocycles. The van der Waals surface area contributed by atoms with Crippen molar-refractivity contribution in [2.45, 2.75) is 65.6 Å². The number of carbonyl (C=O) groups is 1. The fourth-order valence-electron chi connectivity index (χ4n) is 4.89. The minimum Gasteiger partial charge on any atom is -0.349 e. The van der Waals surface area contributed by atoms with Crippen LogP contribution in [-0.2, 0) is 25.9 Å². The monoisotopic (exact) mass is 531 g/mol. The van der Waals surface area contributed by atoms with E-state index in [0.29, 0.717) is 43.0 Å². The van der Waals surface area contributed by atoms with Gasteiger partial charge in [-0.15, -0.1) is 0 Å². The highest BCUT2D eigenvalue weighted by Crippen LogP contribution is 2.20. The number of fused-ring (bicyclic) bond motifs is 1. The van der Waals surface area contributed by atoms with E-state index in [2.05, 4.69) is 72.5 Å². The topological polar surface area (TPSA) is 46.1 Å². The Bertz CT molecular complexity index is 1370. The molecule has 0 bridgehead atoms. The van der Waals surface area contributed by atoms with Crippen LogP contribution in [0, 0.1) is 17.6 Å². The first-order valence-corrected chi connectivity index (χ1v) is 13.9. The minimum atomic E-state index is -0.614. The van der Waals surface area contributed by atoms with E-state index in [0.717, 1.165) is 36.4 Å². The number of hydrogen-bond donors (Lipinski definition) is 2. The first-order chi connectivity index (χ1) is 18.8. The molecule has 6 heteroatoms. The largest absolute Gasteiger partial charge is 0.349 e. The molecule has 3 aromatic carbocycles. The van der Waals surface area contributed by atoms with Gasteiger partial charge in [0.25, 0.3) is 5.91 Å². The lowest BCUT2D eigenvalue weighted by Gasteiger charge is -2.20. The molecular weight excluding hydrogens is 492 g/mol. The SMILES string of the molecule is CCc1cccc(CNCC[C@H](Cc2cc(F)cc(F)c2)NC(=O)c2ccc3ccn(CCC(C)C)c3c2)c1. The van der Waals surface area contributed by atoms with Gasteiger partial charge in [0, 0.05) is 42.5 Å². The van der Waals surface area contributed by atoms with Crippen LogP contribution < -0.4 is 10.6 Å². The molecule has 1 atom stereocenters. The maximum absolute atomic E-state index is 13.9. The van der Waals surface area contributed by atoms with Gasteiger partial charge in [0.15, 0.2) is 0 Å². The number of nitrogens with one attached hydrogen (secondary N) is 2. The molecular formula is C33H39F2N3O. The summed E-state index contributed by atoms with van der Waals surface area (Å²) in [5.41, 5.74) is 4.62. The maximum Gasteiger partial charge on any atom is 0.251 e. The van der Waals surface area contributed by atoms with Gasteiger partial charge in [0.2, 0.25) is 0 Å². The molecule has 4 aromatic rings. The van der Waals surface area contributed by atoms with E-state index in [9.17, 15) is 13.6 Å². The van der Waals surface area contributed by atoms with Gasteiger partial charge in [-0.3, -0.25) is 4.79 Å². The number of halogens is 2. The zero-order chi connectivity index (χ0) is 27.8. The van der Waals surface area contributed by atoms with Crippen molar-refractivity contribution in [3.8, 4) is 0 Å². The number of aryl methyl sites for hydroxylation is 2. The van der Waals surface area contributed by atoms with Crippen molar-refractivity contribution in [3.63, 3.8) is 0 Å². The lowest BCUT2D eigenvalue weighted by Crippen LogP contribution is -2.38. The Hall–Kier alpha value is -3.51. The fourth-order valence-corrected chi connectivity index (χ4v) is 4.89. The number of amides is 1. The summed E-state index contributed by atoms with van der Waals surface area (Å²) in [6.07, 6.45) is 5.06. The summed E-state index contributed by atoms with van der Waals surface area (Å²) in [6.45, 7) is 8.80. The molecule has 1 aromatic heterocycles. The summed E-state index contributed by atoms with van der Waals surface area (Å²) in [6, 6.07) is 19.5. The molecule has 4 rings (SSSR count). The Morgan fingerprint density at radius 3 is 2.41 bits per heavy atom. The molecule has 206 valence electrons. The van der Waals surface area contributed by atoms with Crippen LogP contribution in [0.1, 0.15) is 60.7 Å². The van der Waals surface area contributed by atoms with E-state index in [4.69, 9.17) is 0 Å². The fraction of sp³-hybridized carbons (Fsp3) is 0.364. The van der Waals surface area contributed by atoms with Gasteiger partial charge in [0.1, 0.15) is 11.6 Å². The smallest absolute Gasteiger partial charge is 0.251 e. The zero-order valence-corrected chi connectivity index (χ0v) is 23.1. The number of benzene rings is 3. The lowest BCUT2D eigenvalue weighted by atomic mass is 10.0. The van der Waals surface area contributed by atoms with Crippen molar-refractivity contribution in [2.75, 3.05) is 6.54 Å². The number of aromatic nitrogens is 1. The third-order valence-corrected chi connectivity index (χ3v) is 7.12. The van der Waals surface area contributed by atoms with Crippen molar-refractivity contribution >= 4 is 16.8 Å². The summed E-state index contributed by atoms with van der Waals surface area (Å²) in [5.74, 6) is -0.828. The highest BCUT2D eigenvalue weighted by molar-refractivity contribution is 5.98. The molecule has 0 saturated heterocycles. The maximum atomic E-state index is 13.9. The van der Waals surface area contributed by atoms with Gasteiger partial charge in [-0.25, -0.2) is 8.78 Å². The third-order valence-electron chi connectivity index (χ3n) is 7.12. The molecule has 39 heavy (non-hydrogen) atoms. The summed E-state index contributed by atoms with van der Waals surface area (Å²) in [5, 5.41) is 7.68. The standard InChI is InChI=1S/C33H39F2N3O/c1-4-24-6-5-7-25(16-24)22-36-13-10-31(19-26-17-29(34)21-30(35)18-26)37-33(39)28-9-8-27-12-15-38(32(27)20-28)14-11-23(2)3/h5-9,12,15-18,20-21,23,31,36H,4,10-11,13-14,19,22H2,1-3H3,(H,37,39)/t31-/m1/s1. The summed E-state index contributed by atoms with van der Waals surface area (Å²) in [7, 11) is 0. The van der Waals surface area contributed by atoms with E-state index in [1.165, 1.54) is 23.3 Å². The quantitative estimate of drug-likeness (QED) is 0.182. The summed E-state index contributed by atoms with van der Waals surface area (Å²) >= 11 is 0. The summed E-state index contributed by atoms with van der Waals surface area (Å²) in [4.78, 5) is 13.4. The lowest BCUT2D eigenvalue weighted by molar-refractivity contribution is 0.0935. The van der Waals surface area contributed by atoms with Crippen molar-refractivity contribution in [1.82, 2.24) is 15.2 Å². The van der Waals surface area contributed by atoms with E-state index < -0.39 is 11.6 Å². The van der Waals surface area contributed by atoms with Gasteiger partial charge in [-0.2, -0.15) is 0 Å². The minimum absolute atomic E-state index is 0.189. The van der Waals surface area contributed by atoms with Gasteiger partial charge in [-0.05, 0) is 90.6 Å². The number of hydrogen-bond acceptors (Lipinski definition) is 2. The van der Waals surface area contributed by atoms with Crippen LogP contribution in [0.2, 0.25) is 0 Å². The van der Waals surface area contributed by atoms with Crippen LogP contribution in [0.15, 0.2) is 72.9 Å². The van der Waals surface area contributed by atoms with Gasteiger partial charge >= 0.3 is 0 Å². The van der Waals surface area contributed by atoms with E-state index in [1.54, 1.807) is 0 Å². The number of nitrogens with zero attached hydrogens (tertiary/aromatic N) is 1. The highest BCUT2D eigenvalue weighted by Gasteiger charge is 2.17. The molecule has 0 aliphatic rings. The van der Waals surface area contributed by atoms with Crippen LogP contribution in [-0.4, -0.2) is 23.1 Å². The first kappa shape index (κ1) is 28.5. The van der Waals surface area contributed by atoms with Crippen LogP contribution >= 0.6 is 0 Å². The van der Waals surface area contributed by atoms with E-state index >= 15 is 0 Å². The Labute approximate surface area is 230 Å². The van der Waals surface area contributed by atoms with Crippen molar-refractivity contribution in [1.29, 1.82) is 0 Å². The third kappa shape index (κ3) is 8.24. The predicted octanol–water partition coefficient (Wildman–Crippen LogP) is 7.05. The molecule has 0 aliphatic carbocycles. The molecule has 0 unspecified atom stereocenters. The second-order valence-corrected chi connectivity index (χ2v) is 10.8. The Balaban J connectivity index is 1.45. The van der Waals surface area contributed by atoms with Gasteiger partial charge < -0.3 is 15.2 Å². The Morgan fingerprint density at radius 1 is 0.897 bits per heavy atom. The van der Waals surface area contributed by atoms with Crippen LogP contribution in [0.5, 0.6) is 0 Å². The molecule has 0 aliphatic heterocycles. The highest BCUT2D eigenvalue weighted by atomic mass is 19.1. The molecule has 1 amide bonds. The van der Waals surface area contributed by atoms with Crippen molar-refractivity contribution in [2.24, 2.45) is 5.92 Å². The average Bonchev–Trinajstić information content (AvgIpc) is 3.31. The molecule has 0 spiro atoms. The molecule has 0 radical (unpaired) electrons. The van der Waals surface area contributed by atoms with Crippen LogP contribution in [0.4, 0.5) is 8.78 Å². The molecule has 0 saturated carbocycles. The van der Waals surface area contributed by atoms with Crippen LogP contribution in [0.25, 0.3) is 10.9 Å². The normalized spacial score (nSPS) is 12.3. The molecule has 4 nitrogen and oxygen atoms in total. The second-order valence-electron chi connectivity index (χ2n) is 10.8. The van der Waals surface area contributed by atoms with Crippen LogP contribution in [0.3, 0.4) is 0 Å². The second kappa shape index (κ2) is 13.5. The number of rotatable bonds is 13. The molecule has 2 N–H and O–H groups in total. The zero-order valence-electron chi connectivity index (χ0n) is 23.1. The molecule has 0 fully saturated rings. The average molecular weight is 532 g/mol. The number of carbonyl (C=O) groups excluding carboxylic acids is 1.